The van der Waals surface area contributed by atoms with Gasteiger partial charge in [0.1, 0.15) is 17.9 Å². The number of anilines is 2. The van der Waals surface area contributed by atoms with Crippen molar-refractivity contribution >= 4 is 28.1 Å². The minimum absolute atomic E-state index is 0.0136. The van der Waals surface area contributed by atoms with Crippen molar-refractivity contribution in [1.82, 2.24) is 14.4 Å². The van der Waals surface area contributed by atoms with E-state index in [2.05, 4.69) is 10.3 Å². The van der Waals surface area contributed by atoms with Crippen molar-refractivity contribution in [2.75, 3.05) is 18.5 Å². The Labute approximate surface area is 138 Å². The van der Waals surface area contributed by atoms with Crippen LogP contribution in [0, 0.1) is 0 Å². The van der Waals surface area contributed by atoms with Crippen molar-refractivity contribution in [2.24, 2.45) is 0 Å². The Kier molecular flexibility index (Phi) is 3.72. The van der Waals surface area contributed by atoms with Gasteiger partial charge in [-0.25, -0.2) is 9.97 Å². The van der Waals surface area contributed by atoms with Crippen LogP contribution in [0.3, 0.4) is 0 Å². The molecule has 2 aromatic heterocycles. The zero-order chi connectivity index (χ0) is 16.4. The molecule has 0 unspecified atom stereocenters. The summed E-state index contributed by atoms with van der Waals surface area (Å²) in [6.45, 7) is 0.255. The van der Waals surface area contributed by atoms with Crippen LogP contribution in [0.15, 0.2) is 61.1 Å². The first-order chi connectivity index (χ1) is 11.8. The van der Waals surface area contributed by atoms with E-state index < -0.39 is 0 Å². The number of rotatable bonds is 5. The number of hydrogen-bond acceptors (Lipinski definition) is 5. The van der Waals surface area contributed by atoms with Crippen molar-refractivity contribution < 1.29 is 9.84 Å². The predicted molar refractivity (Wildman–Crippen MR) is 92.8 cm³/mol. The SMILES string of the molecule is OCCOc1cccc(Nc2nc3ccccc3n3cncc23)c1. The summed E-state index contributed by atoms with van der Waals surface area (Å²) in [6.07, 6.45) is 3.57. The lowest BCUT2D eigenvalue weighted by atomic mass is 10.2. The molecule has 0 atom stereocenters. The van der Waals surface area contributed by atoms with Crippen LogP contribution in [0.1, 0.15) is 0 Å². The molecule has 0 radical (unpaired) electrons. The molecule has 24 heavy (non-hydrogen) atoms. The van der Waals surface area contributed by atoms with E-state index in [4.69, 9.17) is 14.8 Å². The Bertz CT molecular complexity index is 997. The molecule has 0 saturated carbocycles. The first kappa shape index (κ1) is 14.5. The number of benzene rings is 2. The number of ether oxygens (including phenoxy) is 1. The van der Waals surface area contributed by atoms with Gasteiger partial charge in [-0.3, -0.25) is 4.40 Å². The molecule has 0 aliphatic carbocycles. The van der Waals surface area contributed by atoms with Gasteiger partial charge in [-0.05, 0) is 24.3 Å². The number of aromatic nitrogens is 3. The average Bonchev–Trinajstić information content (AvgIpc) is 3.11. The van der Waals surface area contributed by atoms with Gasteiger partial charge in [0.05, 0.1) is 30.2 Å². The summed E-state index contributed by atoms with van der Waals surface area (Å²) in [5.41, 5.74) is 3.65. The first-order valence-electron chi connectivity index (χ1n) is 7.67. The molecular formula is C18H16N4O2. The standard InChI is InChI=1S/C18H16N4O2/c23-8-9-24-14-5-3-4-13(10-14)20-18-17-11-19-12-22(17)16-7-2-1-6-15(16)21-18/h1-7,10-12,23H,8-9H2,(H,20,21). The Morgan fingerprint density at radius 2 is 2.00 bits per heavy atom. The summed E-state index contributed by atoms with van der Waals surface area (Å²) in [6, 6.07) is 15.5. The number of fused-ring (bicyclic) bond motifs is 3. The number of nitrogens with zero attached hydrogens (tertiary/aromatic N) is 3. The zero-order valence-electron chi connectivity index (χ0n) is 12.9. The molecule has 0 bridgehead atoms. The number of aliphatic hydroxyl groups excluding tert-OH is 1. The second-order valence-electron chi connectivity index (χ2n) is 5.32. The van der Waals surface area contributed by atoms with Gasteiger partial charge in [0.15, 0.2) is 5.82 Å². The van der Waals surface area contributed by atoms with Crippen LogP contribution in [0.25, 0.3) is 16.6 Å². The molecule has 2 heterocycles. The molecule has 120 valence electrons. The van der Waals surface area contributed by atoms with Gasteiger partial charge in [-0.15, -0.1) is 0 Å². The number of imidazole rings is 1. The van der Waals surface area contributed by atoms with E-state index in [-0.39, 0.29) is 13.2 Å². The Hall–Kier alpha value is -3.12. The lowest BCUT2D eigenvalue weighted by molar-refractivity contribution is 0.201. The maximum atomic E-state index is 8.87. The summed E-state index contributed by atoms with van der Waals surface area (Å²) in [4.78, 5) is 8.95. The summed E-state index contributed by atoms with van der Waals surface area (Å²) >= 11 is 0. The Balaban J connectivity index is 1.75. The number of hydrogen-bond donors (Lipinski definition) is 2. The van der Waals surface area contributed by atoms with Crippen LogP contribution >= 0.6 is 0 Å². The fourth-order valence-corrected chi connectivity index (χ4v) is 2.66. The van der Waals surface area contributed by atoms with Crippen LogP contribution in [-0.4, -0.2) is 32.7 Å². The van der Waals surface area contributed by atoms with Gasteiger partial charge < -0.3 is 15.2 Å². The minimum Gasteiger partial charge on any atom is -0.491 e. The smallest absolute Gasteiger partial charge is 0.157 e. The van der Waals surface area contributed by atoms with E-state index in [1.807, 2.05) is 52.9 Å². The monoisotopic (exact) mass is 320 g/mol. The highest BCUT2D eigenvalue weighted by Crippen LogP contribution is 2.26. The van der Waals surface area contributed by atoms with Gasteiger partial charge >= 0.3 is 0 Å². The lowest BCUT2D eigenvalue weighted by Crippen LogP contribution is -2.02. The predicted octanol–water partition coefficient (Wildman–Crippen LogP) is 3.00. The molecule has 4 aromatic rings. The van der Waals surface area contributed by atoms with Crippen LogP contribution in [-0.2, 0) is 0 Å². The lowest BCUT2D eigenvalue weighted by Gasteiger charge is -2.11. The molecule has 6 nitrogen and oxygen atoms in total. The van der Waals surface area contributed by atoms with Gasteiger partial charge in [0, 0.05) is 11.8 Å². The van der Waals surface area contributed by atoms with E-state index in [0.717, 1.165) is 28.1 Å². The van der Waals surface area contributed by atoms with Crippen LogP contribution in [0.2, 0.25) is 0 Å². The van der Waals surface area contributed by atoms with E-state index >= 15 is 0 Å². The Morgan fingerprint density at radius 3 is 2.92 bits per heavy atom. The summed E-state index contributed by atoms with van der Waals surface area (Å²) in [7, 11) is 0. The third kappa shape index (κ3) is 2.63. The van der Waals surface area contributed by atoms with Crippen molar-refractivity contribution in [3.8, 4) is 5.75 Å². The molecule has 2 N–H and O–H groups in total. The topological polar surface area (TPSA) is 71.7 Å². The number of para-hydroxylation sites is 2. The van der Waals surface area contributed by atoms with Crippen LogP contribution in [0.4, 0.5) is 11.5 Å². The summed E-state index contributed by atoms with van der Waals surface area (Å²) in [5.74, 6) is 1.42. The maximum Gasteiger partial charge on any atom is 0.157 e. The fourth-order valence-electron chi connectivity index (χ4n) is 2.66. The van der Waals surface area contributed by atoms with Gasteiger partial charge in [0.2, 0.25) is 0 Å². The summed E-state index contributed by atoms with van der Waals surface area (Å²) < 4.78 is 7.46. The van der Waals surface area contributed by atoms with Crippen LogP contribution < -0.4 is 10.1 Å². The summed E-state index contributed by atoms with van der Waals surface area (Å²) in [5, 5.41) is 12.2. The molecule has 0 fully saturated rings. The highest BCUT2D eigenvalue weighted by molar-refractivity contribution is 5.85. The second kappa shape index (κ2) is 6.17. The van der Waals surface area contributed by atoms with Crippen LogP contribution in [0.5, 0.6) is 5.75 Å². The van der Waals surface area contributed by atoms with E-state index in [9.17, 15) is 0 Å². The quantitative estimate of drug-likeness (QED) is 0.591. The molecule has 2 aromatic carbocycles. The molecule has 0 aliphatic rings. The van der Waals surface area contributed by atoms with E-state index in [1.54, 1.807) is 12.5 Å². The average molecular weight is 320 g/mol. The van der Waals surface area contributed by atoms with E-state index in [0.29, 0.717) is 5.75 Å². The van der Waals surface area contributed by atoms with Gasteiger partial charge in [0.25, 0.3) is 0 Å². The normalized spacial score (nSPS) is 11.0. The zero-order valence-corrected chi connectivity index (χ0v) is 12.9. The molecule has 0 aliphatic heterocycles. The minimum atomic E-state index is -0.0136. The molecule has 0 saturated heterocycles. The highest BCUT2D eigenvalue weighted by Gasteiger charge is 2.09. The van der Waals surface area contributed by atoms with E-state index in [1.165, 1.54) is 0 Å². The molecular weight excluding hydrogens is 304 g/mol. The Morgan fingerprint density at radius 1 is 1.08 bits per heavy atom. The van der Waals surface area contributed by atoms with Gasteiger partial charge in [-0.1, -0.05) is 18.2 Å². The molecule has 0 spiro atoms. The van der Waals surface area contributed by atoms with Crippen molar-refractivity contribution in [3.05, 3.63) is 61.1 Å². The van der Waals surface area contributed by atoms with Crippen molar-refractivity contribution in [2.45, 2.75) is 0 Å². The largest absolute Gasteiger partial charge is 0.491 e. The van der Waals surface area contributed by atoms with Gasteiger partial charge in [-0.2, -0.15) is 0 Å². The molecule has 4 rings (SSSR count). The molecule has 0 amide bonds. The fraction of sp³-hybridized carbons (Fsp3) is 0.111. The first-order valence-corrected chi connectivity index (χ1v) is 7.67. The second-order valence-corrected chi connectivity index (χ2v) is 5.32. The number of aliphatic hydroxyl groups is 1. The third-order valence-electron chi connectivity index (χ3n) is 3.71. The number of nitrogens with one attached hydrogen (secondary N) is 1. The third-order valence-corrected chi connectivity index (χ3v) is 3.71. The van der Waals surface area contributed by atoms with Crippen molar-refractivity contribution in [1.29, 1.82) is 0 Å². The maximum absolute atomic E-state index is 8.87. The highest BCUT2D eigenvalue weighted by atomic mass is 16.5. The molecule has 6 heteroatoms. The van der Waals surface area contributed by atoms with Crippen molar-refractivity contribution in [3.63, 3.8) is 0 Å².